The molecule has 1 unspecified atom stereocenters. The molecule has 0 aliphatic rings. The Morgan fingerprint density at radius 3 is 2.50 bits per heavy atom. The smallest absolute Gasteiger partial charge is 0.124 e. The Balaban J connectivity index is 2.55. The Hall–Kier alpha value is -1.02. The number of benzene rings is 1. The van der Waals surface area contributed by atoms with Crippen LogP contribution in [0.4, 0.5) is 0 Å². The summed E-state index contributed by atoms with van der Waals surface area (Å²) in [6, 6.07) is 7.67. The zero-order chi connectivity index (χ0) is 12.0. The maximum Gasteiger partial charge on any atom is 0.124 e. The maximum absolute atomic E-state index is 10.1. The van der Waals surface area contributed by atoms with Crippen LogP contribution < -0.4 is 4.74 Å². The first-order chi connectivity index (χ1) is 7.65. The van der Waals surface area contributed by atoms with E-state index >= 15 is 0 Å². The Morgan fingerprint density at radius 2 is 1.88 bits per heavy atom. The summed E-state index contributed by atoms with van der Waals surface area (Å²) in [5.74, 6) is 1.48. The van der Waals surface area contributed by atoms with Crippen molar-refractivity contribution in [1.82, 2.24) is 0 Å². The van der Waals surface area contributed by atoms with E-state index in [2.05, 4.69) is 13.8 Å². The van der Waals surface area contributed by atoms with Crippen LogP contribution in [0.15, 0.2) is 24.3 Å². The number of para-hydroxylation sites is 1. The first kappa shape index (κ1) is 13.0. The van der Waals surface area contributed by atoms with Crippen LogP contribution in [0, 0.1) is 5.92 Å². The average Bonchev–Trinajstić information content (AvgIpc) is 2.28. The Morgan fingerprint density at radius 1 is 1.19 bits per heavy atom. The molecular weight excluding hydrogens is 200 g/mol. The van der Waals surface area contributed by atoms with Gasteiger partial charge in [-0.05, 0) is 18.4 Å². The molecule has 0 amide bonds. The molecule has 16 heavy (non-hydrogen) atoms. The third kappa shape index (κ3) is 3.86. The van der Waals surface area contributed by atoms with Crippen LogP contribution in [-0.4, -0.2) is 12.2 Å². The molecule has 0 saturated carbocycles. The normalized spacial score (nSPS) is 12.8. The number of rotatable bonds is 6. The van der Waals surface area contributed by atoms with Crippen molar-refractivity contribution in [2.45, 2.75) is 39.2 Å². The topological polar surface area (TPSA) is 29.5 Å². The molecular formula is C14H22O2. The molecule has 0 aliphatic heterocycles. The van der Waals surface area contributed by atoms with Crippen LogP contribution in [-0.2, 0) is 0 Å². The van der Waals surface area contributed by atoms with E-state index in [-0.39, 0.29) is 0 Å². The predicted molar refractivity (Wildman–Crippen MR) is 66.6 cm³/mol. The van der Waals surface area contributed by atoms with Crippen molar-refractivity contribution in [2.75, 3.05) is 7.11 Å². The first-order valence-electron chi connectivity index (χ1n) is 5.96. The van der Waals surface area contributed by atoms with Crippen molar-refractivity contribution in [3.63, 3.8) is 0 Å². The van der Waals surface area contributed by atoms with E-state index in [1.807, 2.05) is 24.3 Å². The van der Waals surface area contributed by atoms with Gasteiger partial charge in [-0.15, -0.1) is 0 Å². The molecule has 1 N–H and O–H groups in total. The number of aliphatic hydroxyl groups is 1. The average molecular weight is 222 g/mol. The summed E-state index contributed by atoms with van der Waals surface area (Å²) in [6.45, 7) is 4.41. The molecule has 1 atom stereocenters. The highest BCUT2D eigenvalue weighted by Crippen LogP contribution is 2.28. The minimum absolute atomic E-state index is 0.408. The fourth-order valence-corrected chi connectivity index (χ4v) is 1.82. The fraction of sp³-hybridized carbons (Fsp3) is 0.571. The Bertz CT molecular complexity index is 307. The molecule has 0 radical (unpaired) electrons. The highest BCUT2D eigenvalue weighted by molar-refractivity contribution is 5.34. The van der Waals surface area contributed by atoms with E-state index in [4.69, 9.17) is 4.74 Å². The van der Waals surface area contributed by atoms with Crippen LogP contribution in [0.3, 0.4) is 0 Å². The monoisotopic (exact) mass is 222 g/mol. The minimum atomic E-state index is -0.408. The van der Waals surface area contributed by atoms with Crippen molar-refractivity contribution in [3.8, 4) is 5.75 Å². The Labute approximate surface area is 98.3 Å². The predicted octanol–water partition coefficient (Wildman–Crippen LogP) is 3.55. The van der Waals surface area contributed by atoms with Crippen molar-refractivity contribution in [3.05, 3.63) is 29.8 Å². The van der Waals surface area contributed by atoms with Crippen LogP contribution >= 0.6 is 0 Å². The molecule has 0 bridgehead atoms. The van der Waals surface area contributed by atoms with Gasteiger partial charge in [0.25, 0.3) is 0 Å². The minimum Gasteiger partial charge on any atom is -0.496 e. The Kier molecular flexibility index (Phi) is 5.33. The summed E-state index contributed by atoms with van der Waals surface area (Å²) in [7, 11) is 1.64. The van der Waals surface area contributed by atoms with Gasteiger partial charge in [0.15, 0.2) is 0 Å². The lowest BCUT2D eigenvalue weighted by molar-refractivity contribution is 0.158. The summed E-state index contributed by atoms with van der Waals surface area (Å²) >= 11 is 0. The van der Waals surface area contributed by atoms with E-state index < -0.39 is 6.10 Å². The summed E-state index contributed by atoms with van der Waals surface area (Å²) in [4.78, 5) is 0. The van der Waals surface area contributed by atoms with E-state index in [1.165, 1.54) is 0 Å². The molecule has 2 heteroatoms. The standard InChI is InChI=1S/C14H22O2/c1-11(2)7-6-9-13(15)12-8-4-5-10-14(12)16-3/h4-5,8,10-11,13,15H,6-7,9H2,1-3H3. The largest absolute Gasteiger partial charge is 0.496 e. The van der Waals surface area contributed by atoms with Crippen molar-refractivity contribution >= 4 is 0 Å². The van der Waals surface area contributed by atoms with Crippen LogP contribution in [0.1, 0.15) is 44.8 Å². The van der Waals surface area contributed by atoms with Crippen molar-refractivity contribution in [2.24, 2.45) is 5.92 Å². The van der Waals surface area contributed by atoms with Gasteiger partial charge in [0.2, 0.25) is 0 Å². The van der Waals surface area contributed by atoms with Gasteiger partial charge in [0.05, 0.1) is 13.2 Å². The molecule has 0 spiro atoms. The molecule has 0 fully saturated rings. The van der Waals surface area contributed by atoms with Gasteiger partial charge in [0, 0.05) is 5.56 Å². The number of aliphatic hydroxyl groups excluding tert-OH is 1. The van der Waals surface area contributed by atoms with Crippen LogP contribution in [0.2, 0.25) is 0 Å². The van der Waals surface area contributed by atoms with Gasteiger partial charge in [-0.3, -0.25) is 0 Å². The zero-order valence-electron chi connectivity index (χ0n) is 10.4. The zero-order valence-corrected chi connectivity index (χ0v) is 10.4. The summed E-state index contributed by atoms with van der Waals surface area (Å²) in [6.07, 6.45) is 2.61. The molecule has 2 nitrogen and oxygen atoms in total. The second-order valence-electron chi connectivity index (χ2n) is 4.58. The second-order valence-corrected chi connectivity index (χ2v) is 4.58. The van der Waals surface area contributed by atoms with Gasteiger partial charge in [-0.25, -0.2) is 0 Å². The second kappa shape index (κ2) is 6.54. The summed E-state index contributed by atoms with van der Waals surface area (Å²) in [5.41, 5.74) is 0.897. The van der Waals surface area contributed by atoms with Gasteiger partial charge in [0.1, 0.15) is 5.75 Å². The highest BCUT2D eigenvalue weighted by atomic mass is 16.5. The van der Waals surface area contributed by atoms with E-state index in [0.717, 1.165) is 30.6 Å². The lowest BCUT2D eigenvalue weighted by Crippen LogP contribution is -2.01. The third-order valence-electron chi connectivity index (χ3n) is 2.76. The molecule has 0 heterocycles. The molecule has 1 aromatic carbocycles. The molecule has 0 aromatic heterocycles. The molecule has 0 saturated heterocycles. The summed E-state index contributed by atoms with van der Waals surface area (Å²) in [5, 5.41) is 10.1. The number of hydrogen-bond donors (Lipinski definition) is 1. The quantitative estimate of drug-likeness (QED) is 0.797. The molecule has 90 valence electrons. The molecule has 1 aromatic rings. The van der Waals surface area contributed by atoms with Gasteiger partial charge in [-0.2, -0.15) is 0 Å². The van der Waals surface area contributed by atoms with Gasteiger partial charge < -0.3 is 9.84 Å². The van der Waals surface area contributed by atoms with Crippen molar-refractivity contribution in [1.29, 1.82) is 0 Å². The van der Waals surface area contributed by atoms with Gasteiger partial charge >= 0.3 is 0 Å². The number of methoxy groups -OCH3 is 1. The van der Waals surface area contributed by atoms with Crippen molar-refractivity contribution < 1.29 is 9.84 Å². The first-order valence-corrected chi connectivity index (χ1v) is 5.96. The van der Waals surface area contributed by atoms with E-state index in [0.29, 0.717) is 5.92 Å². The summed E-state index contributed by atoms with van der Waals surface area (Å²) < 4.78 is 5.23. The third-order valence-corrected chi connectivity index (χ3v) is 2.76. The maximum atomic E-state index is 10.1. The number of hydrogen-bond acceptors (Lipinski definition) is 2. The SMILES string of the molecule is COc1ccccc1C(O)CCCC(C)C. The highest BCUT2D eigenvalue weighted by Gasteiger charge is 2.12. The van der Waals surface area contributed by atoms with E-state index in [9.17, 15) is 5.11 Å². The van der Waals surface area contributed by atoms with Crippen LogP contribution in [0.5, 0.6) is 5.75 Å². The molecule has 1 rings (SSSR count). The van der Waals surface area contributed by atoms with E-state index in [1.54, 1.807) is 7.11 Å². The number of ether oxygens (including phenoxy) is 1. The fourth-order valence-electron chi connectivity index (χ4n) is 1.82. The van der Waals surface area contributed by atoms with Crippen LogP contribution in [0.25, 0.3) is 0 Å². The van der Waals surface area contributed by atoms with Gasteiger partial charge in [-0.1, -0.05) is 44.9 Å². The lowest BCUT2D eigenvalue weighted by Gasteiger charge is -2.15. The molecule has 0 aliphatic carbocycles. The lowest BCUT2D eigenvalue weighted by atomic mass is 9.99.